The molecule has 1 atom stereocenters. The molecule has 2 fully saturated rings. The Bertz CT molecular complexity index is 249. The van der Waals surface area contributed by atoms with E-state index in [4.69, 9.17) is 5.11 Å². The van der Waals surface area contributed by atoms with Crippen LogP contribution in [0.2, 0.25) is 0 Å². The van der Waals surface area contributed by atoms with Crippen LogP contribution in [0.4, 0.5) is 0 Å². The van der Waals surface area contributed by atoms with Gasteiger partial charge in [0, 0.05) is 12.5 Å². The Morgan fingerprint density at radius 1 is 1.12 bits per heavy atom. The first-order valence-corrected chi connectivity index (χ1v) is 7.23. The molecule has 0 aromatic rings. The third-order valence-corrected chi connectivity index (χ3v) is 4.44. The molecule has 1 N–H and O–H groups in total. The minimum atomic E-state index is -0.654. The molecule has 0 bridgehead atoms. The van der Waals surface area contributed by atoms with Crippen molar-refractivity contribution in [1.29, 1.82) is 0 Å². The molecule has 3 nitrogen and oxygen atoms in total. The van der Waals surface area contributed by atoms with E-state index in [9.17, 15) is 4.79 Å². The first-order chi connectivity index (χ1) is 8.27. The fourth-order valence-corrected chi connectivity index (χ4v) is 3.62. The summed E-state index contributed by atoms with van der Waals surface area (Å²) in [4.78, 5) is 13.1. The Labute approximate surface area is 104 Å². The largest absolute Gasteiger partial charge is 0.481 e. The van der Waals surface area contributed by atoms with Gasteiger partial charge in [0.15, 0.2) is 0 Å². The number of carboxylic acids is 1. The maximum Gasteiger partial charge on any atom is 0.303 e. The van der Waals surface area contributed by atoms with Gasteiger partial charge in [0.25, 0.3) is 0 Å². The predicted octanol–water partition coefficient (Wildman–Crippen LogP) is 2.90. The lowest BCUT2D eigenvalue weighted by molar-refractivity contribution is -0.137. The molecule has 0 spiro atoms. The second kappa shape index (κ2) is 6.39. The van der Waals surface area contributed by atoms with Crippen molar-refractivity contribution in [3.63, 3.8) is 0 Å². The first kappa shape index (κ1) is 12.9. The van der Waals surface area contributed by atoms with Gasteiger partial charge in [-0.15, -0.1) is 0 Å². The van der Waals surface area contributed by atoms with E-state index in [2.05, 4.69) is 4.90 Å². The molecule has 1 saturated heterocycles. The van der Waals surface area contributed by atoms with Gasteiger partial charge in [-0.3, -0.25) is 4.79 Å². The van der Waals surface area contributed by atoms with Gasteiger partial charge in [0.2, 0.25) is 0 Å². The van der Waals surface area contributed by atoms with E-state index < -0.39 is 5.97 Å². The van der Waals surface area contributed by atoms with Crippen molar-refractivity contribution in [3.05, 3.63) is 0 Å². The summed E-state index contributed by atoms with van der Waals surface area (Å²) in [6.07, 6.45) is 10.8. The lowest BCUT2D eigenvalue weighted by Gasteiger charge is -2.34. The van der Waals surface area contributed by atoms with Crippen LogP contribution in [-0.2, 0) is 4.79 Å². The standard InChI is InChI=1S/C14H25NO2/c16-14(17)9-5-11-15-10-4-8-13(15)12-6-2-1-3-7-12/h12-13H,1-11H2,(H,16,17). The van der Waals surface area contributed by atoms with Gasteiger partial charge >= 0.3 is 5.97 Å². The fraction of sp³-hybridized carbons (Fsp3) is 0.929. The van der Waals surface area contributed by atoms with Crippen LogP contribution in [-0.4, -0.2) is 35.1 Å². The average Bonchev–Trinajstić information content (AvgIpc) is 2.78. The summed E-state index contributed by atoms with van der Waals surface area (Å²) in [6, 6.07) is 0.768. The Kier molecular flexibility index (Phi) is 4.84. The highest BCUT2D eigenvalue weighted by Crippen LogP contribution is 2.34. The summed E-state index contributed by atoms with van der Waals surface area (Å²) in [5.74, 6) is 0.245. The van der Waals surface area contributed by atoms with E-state index in [1.54, 1.807) is 0 Å². The summed E-state index contributed by atoms with van der Waals surface area (Å²) in [5, 5.41) is 8.68. The van der Waals surface area contributed by atoms with Crippen molar-refractivity contribution in [2.24, 2.45) is 5.92 Å². The molecule has 1 aliphatic carbocycles. The van der Waals surface area contributed by atoms with Crippen molar-refractivity contribution >= 4 is 5.97 Å². The summed E-state index contributed by atoms with van der Waals surface area (Å²) in [6.45, 7) is 2.19. The van der Waals surface area contributed by atoms with E-state index in [0.29, 0.717) is 6.42 Å². The van der Waals surface area contributed by atoms with E-state index in [0.717, 1.165) is 24.9 Å². The molecule has 1 saturated carbocycles. The minimum Gasteiger partial charge on any atom is -0.481 e. The van der Waals surface area contributed by atoms with Gasteiger partial charge in [-0.1, -0.05) is 19.3 Å². The molecule has 2 aliphatic rings. The zero-order valence-electron chi connectivity index (χ0n) is 10.7. The van der Waals surface area contributed by atoms with Crippen molar-refractivity contribution in [2.75, 3.05) is 13.1 Å². The molecule has 0 amide bonds. The number of aliphatic carboxylic acids is 1. The summed E-state index contributed by atoms with van der Waals surface area (Å²) in [5.41, 5.74) is 0. The zero-order valence-corrected chi connectivity index (χ0v) is 10.7. The van der Waals surface area contributed by atoms with Crippen LogP contribution in [0, 0.1) is 5.92 Å². The molecule has 0 aromatic carbocycles. The van der Waals surface area contributed by atoms with E-state index in [-0.39, 0.29) is 0 Å². The topological polar surface area (TPSA) is 40.5 Å². The molecule has 3 heteroatoms. The fourth-order valence-electron chi connectivity index (χ4n) is 3.62. The number of hydrogen-bond acceptors (Lipinski definition) is 2. The number of likely N-dealkylation sites (tertiary alicyclic amines) is 1. The molecule has 0 aromatic heterocycles. The monoisotopic (exact) mass is 239 g/mol. The Morgan fingerprint density at radius 3 is 2.59 bits per heavy atom. The van der Waals surface area contributed by atoms with Gasteiger partial charge in [-0.25, -0.2) is 0 Å². The van der Waals surface area contributed by atoms with Crippen molar-refractivity contribution in [3.8, 4) is 0 Å². The highest BCUT2D eigenvalue weighted by atomic mass is 16.4. The SMILES string of the molecule is O=C(O)CCCN1CCCC1C1CCCCC1. The summed E-state index contributed by atoms with van der Waals surface area (Å²) < 4.78 is 0. The van der Waals surface area contributed by atoms with Crippen molar-refractivity contribution in [1.82, 2.24) is 4.90 Å². The Balaban J connectivity index is 1.77. The molecular formula is C14H25NO2. The van der Waals surface area contributed by atoms with Gasteiger partial charge < -0.3 is 10.0 Å². The summed E-state index contributed by atoms with van der Waals surface area (Å²) in [7, 11) is 0. The van der Waals surface area contributed by atoms with Crippen molar-refractivity contribution < 1.29 is 9.90 Å². The third kappa shape index (κ3) is 3.70. The Morgan fingerprint density at radius 2 is 1.88 bits per heavy atom. The lowest BCUT2D eigenvalue weighted by Crippen LogP contribution is -2.37. The number of rotatable bonds is 5. The smallest absolute Gasteiger partial charge is 0.303 e. The predicted molar refractivity (Wildman–Crippen MR) is 68.0 cm³/mol. The van der Waals surface area contributed by atoms with E-state index >= 15 is 0 Å². The Hall–Kier alpha value is -0.570. The second-order valence-electron chi connectivity index (χ2n) is 5.64. The van der Waals surface area contributed by atoms with E-state index in [1.165, 1.54) is 51.5 Å². The molecule has 17 heavy (non-hydrogen) atoms. The molecule has 0 radical (unpaired) electrons. The number of hydrogen-bond donors (Lipinski definition) is 1. The molecular weight excluding hydrogens is 214 g/mol. The van der Waals surface area contributed by atoms with Crippen LogP contribution in [0.1, 0.15) is 57.8 Å². The van der Waals surface area contributed by atoms with Crippen LogP contribution in [0.3, 0.4) is 0 Å². The van der Waals surface area contributed by atoms with Crippen LogP contribution < -0.4 is 0 Å². The average molecular weight is 239 g/mol. The number of carbonyl (C=O) groups is 1. The second-order valence-corrected chi connectivity index (χ2v) is 5.64. The van der Waals surface area contributed by atoms with Gasteiger partial charge in [-0.05, 0) is 51.1 Å². The molecule has 1 unspecified atom stereocenters. The van der Waals surface area contributed by atoms with Crippen LogP contribution in [0.15, 0.2) is 0 Å². The van der Waals surface area contributed by atoms with Crippen LogP contribution >= 0.6 is 0 Å². The molecule has 2 rings (SSSR count). The highest BCUT2D eigenvalue weighted by molar-refractivity contribution is 5.66. The van der Waals surface area contributed by atoms with Gasteiger partial charge in [0.1, 0.15) is 0 Å². The van der Waals surface area contributed by atoms with Gasteiger partial charge in [0.05, 0.1) is 0 Å². The maximum atomic E-state index is 10.5. The zero-order chi connectivity index (χ0) is 12.1. The summed E-state index contributed by atoms with van der Waals surface area (Å²) >= 11 is 0. The van der Waals surface area contributed by atoms with Gasteiger partial charge in [-0.2, -0.15) is 0 Å². The number of carboxylic acid groups (broad SMARTS) is 1. The normalized spacial score (nSPS) is 27.4. The van der Waals surface area contributed by atoms with Crippen LogP contribution in [0.5, 0.6) is 0 Å². The van der Waals surface area contributed by atoms with Crippen molar-refractivity contribution in [2.45, 2.75) is 63.8 Å². The third-order valence-electron chi connectivity index (χ3n) is 4.44. The van der Waals surface area contributed by atoms with E-state index in [1.807, 2.05) is 0 Å². The lowest BCUT2D eigenvalue weighted by atomic mass is 9.83. The quantitative estimate of drug-likeness (QED) is 0.802. The molecule has 1 aliphatic heterocycles. The first-order valence-electron chi connectivity index (χ1n) is 7.23. The van der Waals surface area contributed by atoms with Crippen LogP contribution in [0.25, 0.3) is 0 Å². The molecule has 98 valence electrons. The highest BCUT2D eigenvalue weighted by Gasteiger charge is 2.31. The minimum absolute atomic E-state index is 0.327. The molecule has 1 heterocycles. The number of nitrogens with zero attached hydrogens (tertiary/aromatic N) is 1. The maximum absolute atomic E-state index is 10.5.